The Labute approximate surface area is 198 Å². The Balaban J connectivity index is 1.95. The van der Waals surface area contributed by atoms with Crippen LogP contribution in [0.5, 0.6) is 0 Å². The number of benzene rings is 2. The van der Waals surface area contributed by atoms with E-state index in [1.54, 1.807) is 12.1 Å². The van der Waals surface area contributed by atoms with Gasteiger partial charge in [0.25, 0.3) is 11.8 Å². The minimum atomic E-state index is -1.29. The van der Waals surface area contributed by atoms with E-state index in [9.17, 15) is 19.5 Å². The average molecular weight is 462 g/mol. The first-order chi connectivity index (χ1) is 16.3. The number of aliphatic hydroxyl groups is 1. The zero-order valence-corrected chi connectivity index (χ0v) is 19.0. The van der Waals surface area contributed by atoms with Crippen LogP contribution in [0.1, 0.15) is 47.3 Å². The molecule has 0 unspecified atom stereocenters. The summed E-state index contributed by atoms with van der Waals surface area (Å²) in [6.07, 6.45) is 0.0355. The molecule has 0 aliphatic carbocycles. The summed E-state index contributed by atoms with van der Waals surface area (Å²) >= 11 is 0. The van der Waals surface area contributed by atoms with Gasteiger partial charge in [0.15, 0.2) is 0 Å². The SMILES string of the molecule is CCCNC(=O)Cc1ccc(C#CC#Cc2ccc(C(=O)N[C@H](C(=O)NO)[C@@H](C)O)cc2)cc1. The van der Waals surface area contributed by atoms with Gasteiger partial charge in [0.05, 0.1) is 12.5 Å². The lowest BCUT2D eigenvalue weighted by Crippen LogP contribution is -2.51. The molecule has 0 fully saturated rings. The van der Waals surface area contributed by atoms with Crippen LogP contribution in [0.4, 0.5) is 0 Å². The van der Waals surface area contributed by atoms with E-state index in [0.717, 1.165) is 17.5 Å². The van der Waals surface area contributed by atoms with E-state index >= 15 is 0 Å². The molecule has 2 aromatic carbocycles. The quantitative estimate of drug-likeness (QED) is 0.229. The van der Waals surface area contributed by atoms with Crippen LogP contribution in [0.2, 0.25) is 0 Å². The van der Waals surface area contributed by atoms with Gasteiger partial charge in [-0.25, -0.2) is 5.48 Å². The predicted molar refractivity (Wildman–Crippen MR) is 127 cm³/mol. The van der Waals surface area contributed by atoms with Crippen LogP contribution in [-0.2, 0) is 16.0 Å². The summed E-state index contributed by atoms with van der Waals surface area (Å²) in [7, 11) is 0. The first-order valence-corrected chi connectivity index (χ1v) is 10.7. The van der Waals surface area contributed by atoms with Crippen molar-refractivity contribution >= 4 is 17.7 Å². The highest BCUT2D eigenvalue weighted by Crippen LogP contribution is 2.06. The van der Waals surface area contributed by atoms with Crippen LogP contribution in [0.15, 0.2) is 48.5 Å². The molecule has 0 saturated heterocycles. The molecule has 0 radical (unpaired) electrons. The first-order valence-electron chi connectivity index (χ1n) is 10.7. The summed E-state index contributed by atoms with van der Waals surface area (Å²) in [6, 6.07) is 12.4. The van der Waals surface area contributed by atoms with Gasteiger partial charge in [-0.05, 0) is 67.1 Å². The maximum absolute atomic E-state index is 12.3. The Morgan fingerprint density at radius 2 is 1.50 bits per heavy atom. The third kappa shape index (κ3) is 8.44. The molecule has 0 heterocycles. The van der Waals surface area contributed by atoms with E-state index in [2.05, 4.69) is 34.3 Å². The van der Waals surface area contributed by atoms with Crippen molar-refractivity contribution in [2.24, 2.45) is 0 Å². The molecule has 5 N–H and O–H groups in total. The summed E-state index contributed by atoms with van der Waals surface area (Å²) in [4.78, 5) is 35.6. The molecule has 8 heteroatoms. The van der Waals surface area contributed by atoms with Crippen molar-refractivity contribution < 1.29 is 24.7 Å². The second kappa shape index (κ2) is 13.4. The summed E-state index contributed by atoms with van der Waals surface area (Å²) in [6.45, 7) is 3.99. The molecular weight excluding hydrogens is 434 g/mol. The van der Waals surface area contributed by atoms with Crippen LogP contribution >= 0.6 is 0 Å². The number of carbonyl (C=O) groups excluding carboxylic acids is 3. The fourth-order valence-electron chi connectivity index (χ4n) is 2.83. The number of hydrogen-bond donors (Lipinski definition) is 5. The van der Waals surface area contributed by atoms with Crippen LogP contribution in [0, 0.1) is 23.7 Å². The van der Waals surface area contributed by atoms with E-state index in [-0.39, 0.29) is 11.5 Å². The maximum atomic E-state index is 12.3. The molecule has 34 heavy (non-hydrogen) atoms. The Hall–Kier alpha value is -4.11. The number of nitrogens with one attached hydrogen (secondary N) is 3. The van der Waals surface area contributed by atoms with Gasteiger partial charge < -0.3 is 15.7 Å². The number of amides is 3. The van der Waals surface area contributed by atoms with E-state index in [0.29, 0.717) is 18.5 Å². The van der Waals surface area contributed by atoms with Crippen LogP contribution in [-0.4, -0.2) is 46.7 Å². The van der Waals surface area contributed by atoms with Gasteiger partial charge in [-0.2, -0.15) is 0 Å². The second-order valence-corrected chi connectivity index (χ2v) is 7.47. The molecular formula is C26H27N3O5. The molecule has 0 aliphatic heterocycles. The van der Waals surface area contributed by atoms with Gasteiger partial charge >= 0.3 is 0 Å². The van der Waals surface area contributed by atoms with Crippen molar-refractivity contribution in [3.63, 3.8) is 0 Å². The largest absolute Gasteiger partial charge is 0.391 e. The maximum Gasteiger partial charge on any atom is 0.268 e. The van der Waals surface area contributed by atoms with Gasteiger partial charge in [0.1, 0.15) is 6.04 Å². The molecule has 0 bridgehead atoms. The van der Waals surface area contributed by atoms with Crippen molar-refractivity contribution in [2.75, 3.05) is 6.54 Å². The summed E-state index contributed by atoms with van der Waals surface area (Å²) in [5.41, 5.74) is 3.99. The average Bonchev–Trinajstić information content (AvgIpc) is 2.84. The number of hydrogen-bond acceptors (Lipinski definition) is 5. The minimum Gasteiger partial charge on any atom is -0.391 e. The molecule has 0 aromatic heterocycles. The van der Waals surface area contributed by atoms with E-state index in [4.69, 9.17) is 5.21 Å². The number of hydroxylamine groups is 1. The summed E-state index contributed by atoms with van der Waals surface area (Å²) in [5.74, 6) is 9.82. The third-order valence-corrected chi connectivity index (χ3v) is 4.68. The summed E-state index contributed by atoms with van der Waals surface area (Å²) in [5, 5.41) is 23.5. The second-order valence-electron chi connectivity index (χ2n) is 7.47. The highest BCUT2D eigenvalue weighted by atomic mass is 16.5. The summed E-state index contributed by atoms with van der Waals surface area (Å²) < 4.78 is 0. The van der Waals surface area contributed by atoms with Crippen molar-refractivity contribution in [1.29, 1.82) is 0 Å². The van der Waals surface area contributed by atoms with E-state index in [1.807, 2.05) is 31.2 Å². The Bertz CT molecular complexity index is 1120. The molecule has 3 amide bonds. The number of rotatable bonds is 8. The standard InChI is InChI=1S/C26H27N3O5/c1-3-16-27-23(31)17-21-10-8-19(9-11-21)6-4-5-7-20-12-14-22(15-13-20)25(32)28-24(18(2)30)26(33)29-34/h8-15,18,24,30,34H,3,16-17H2,1-2H3,(H,27,31)(H,28,32)(H,29,33)/t18-,24+/m1/s1. The zero-order chi connectivity index (χ0) is 24.9. The molecule has 2 rings (SSSR count). The molecule has 0 saturated carbocycles. The molecule has 8 nitrogen and oxygen atoms in total. The highest BCUT2D eigenvalue weighted by molar-refractivity contribution is 5.97. The molecule has 2 atom stereocenters. The smallest absolute Gasteiger partial charge is 0.268 e. The molecule has 0 aliphatic rings. The Morgan fingerprint density at radius 3 is 2.00 bits per heavy atom. The van der Waals surface area contributed by atoms with Crippen LogP contribution in [0.25, 0.3) is 0 Å². The van der Waals surface area contributed by atoms with Crippen molar-refractivity contribution in [3.05, 3.63) is 70.8 Å². The van der Waals surface area contributed by atoms with Crippen LogP contribution in [0.3, 0.4) is 0 Å². The van der Waals surface area contributed by atoms with Crippen molar-refractivity contribution in [1.82, 2.24) is 16.1 Å². The monoisotopic (exact) mass is 461 g/mol. The highest BCUT2D eigenvalue weighted by Gasteiger charge is 2.25. The Kier molecular flexibility index (Phi) is 10.3. The number of carbonyl (C=O) groups is 3. The fourth-order valence-corrected chi connectivity index (χ4v) is 2.83. The lowest BCUT2D eigenvalue weighted by atomic mass is 10.1. The van der Waals surface area contributed by atoms with Gasteiger partial charge in [-0.1, -0.05) is 30.9 Å². The zero-order valence-electron chi connectivity index (χ0n) is 19.0. The van der Waals surface area contributed by atoms with E-state index in [1.165, 1.54) is 24.5 Å². The van der Waals surface area contributed by atoms with Crippen LogP contribution < -0.4 is 16.1 Å². The van der Waals surface area contributed by atoms with Crippen molar-refractivity contribution in [3.8, 4) is 23.7 Å². The lowest BCUT2D eigenvalue weighted by molar-refractivity contribution is -0.133. The molecule has 0 spiro atoms. The topological polar surface area (TPSA) is 128 Å². The number of aliphatic hydroxyl groups excluding tert-OH is 1. The minimum absolute atomic E-state index is 0.00604. The Morgan fingerprint density at radius 1 is 0.941 bits per heavy atom. The fraction of sp³-hybridized carbons (Fsp3) is 0.269. The molecule has 2 aromatic rings. The van der Waals surface area contributed by atoms with Gasteiger partial charge in [-0.15, -0.1) is 0 Å². The molecule has 176 valence electrons. The first kappa shape index (κ1) is 26.1. The van der Waals surface area contributed by atoms with E-state index < -0.39 is 24.0 Å². The predicted octanol–water partition coefficient (Wildman–Crippen LogP) is 1.14. The normalized spacial score (nSPS) is 11.5. The lowest BCUT2D eigenvalue weighted by Gasteiger charge is -2.19. The third-order valence-electron chi connectivity index (χ3n) is 4.68. The van der Waals surface area contributed by atoms with Gasteiger partial charge in [0, 0.05) is 23.2 Å². The van der Waals surface area contributed by atoms with Crippen molar-refractivity contribution in [2.45, 2.75) is 38.8 Å². The van der Waals surface area contributed by atoms with Gasteiger partial charge in [-0.3, -0.25) is 19.6 Å². The van der Waals surface area contributed by atoms with Gasteiger partial charge in [0.2, 0.25) is 5.91 Å².